The van der Waals surface area contributed by atoms with Crippen molar-refractivity contribution in [2.24, 2.45) is 0 Å². The van der Waals surface area contributed by atoms with Gasteiger partial charge in [-0.15, -0.1) is 17.8 Å². The summed E-state index contributed by atoms with van der Waals surface area (Å²) < 4.78 is 0. The third-order valence-corrected chi connectivity index (χ3v) is 4.18. The predicted molar refractivity (Wildman–Crippen MR) is 119 cm³/mol. The van der Waals surface area contributed by atoms with Crippen molar-refractivity contribution in [3.8, 4) is 35.5 Å². The minimum Gasteiger partial charge on any atom is -0.311 e. The predicted octanol–water partition coefficient (Wildman–Crippen LogP) is 6.27. The zero-order valence-corrected chi connectivity index (χ0v) is 16.4. The molecule has 0 N–H and O–H groups in total. The van der Waals surface area contributed by atoms with Crippen molar-refractivity contribution < 1.29 is 0 Å². The van der Waals surface area contributed by atoms with Crippen LogP contribution < -0.4 is 4.90 Å². The summed E-state index contributed by atoms with van der Waals surface area (Å²) in [6.45, 7) is 5.55. The maximum absolute atomic E-state index is 3.10. The molecule has 0 heterocycles. The van der Waals surface area contributed by atoms with Gasteiger partial charge in [0.25, 0.3) is 0 Å². The van der Waals surface area contributed by atoms with Crippen LogP contribution in [-0.2, 0) is 0 Å². The van der Waals surface area contributed by atoms with Gasteiger partial charge in [-0.3, -0.25) is 0 Å². The second kappa shape index (κ2) is 9.19. The van der Waals surface area contributed by atoms with Gasteiger partial charge in [0.2, 0.25) is 0 Å². The Morgan fingerprint density at radius 2 is 0.679 bits per heavy atom. The first-order chi connectivity index (χ1) is 13.7. The average Bonchev–Trinajstić information content (AvgIpc) is 2.73. The van der Waals surface area contributed by atoms with Gasteiger partial charge >= 0.3 is 0 Å². The smallest absolute Gasteiger partial charge is 0.0462 e. The van der Waals surface area contributed by atoms with Gasteiger partial charge in [-0.25, -0.2) is 0 Å². The molecule has 0 aliphatic carbocycles. The van der Waals surface area contributed by atoms with Crippen molar-refractivity contribution in [1.29, 1.82) is 0 Å². The molecule has 0 atom stereocenters. The van der Waals surface area contributed by atoms with E-state index in [9.17, 15) is 0 Å². The van der Waals surface area contributed by atoms with Gasteiger partial charge in [-0.1, -0.05) is 17.8 Å². The van der Waals surface area contributed by atoms with Gasteiger partial charge < -0.3 is 4.90 Å². The summed E-state index contributed by atoms with van der Waals surface area (Å²) in [5, 5.41) is 0. The fraction of sp³-hybridized carbons (Fsp3) is 0.111. The highest BCUT2D eigenvalue weighted by Gasteiger charge is 2.12. The molecule has 0 saturated carbocycles. The lowest BCUT2D eigenvalue weighted by Crippen LogP contribution is -2.09. The van der Waals surface area contributed by atoms with Crippen LogP contribution in [0.2, 0.25) is 0 Å². The van der Waals surface area contributed by atoms with E-state index >= 15 is 0 Å². The molecule has 0 aliphatic rings. The van der Waals surface area contributed by atoms with E-state index in [0.717, 1.165) is 33.8 Å². The van der Waals surface area contributed by atoms with E-state index in [4.69, 9.17) is 0 Å². The molecule has 3 aromatic carbocycles. The summed E-state index contributed by atoms with van der Waals surface area (Å²) >= 11 is 0. The second-order valence-electron chi connectivity index (χ2n) is 6.10. The average molecular weight is 359 g/mol. The normalized spacial score (nSPS) is 9.11. The van der Waals surface area contributed by atoms with Crippen molar-refractivity contribution in [2.75, 3.05) is 4.90 Å². The quantitative estimate of drug-likeness (QED) is 0.498. The van der Waals surface area contributed by atoms with Gasteiger partial charge in [0.15, 0.2) is 0 Å². The summed E-state index contributed by atoms with van der Waals surface area (Å²) in [6, 6.07) is 24.9. The van der Waals surface area contributed by atoms with E-state index < -0.39 is 0 Å². The molecule has 1 heteroatoms. The Bertz CT molecular complexity index is 965. The first-order valence-electron chi connectivity index (χ1n) is 9.13. The fourth-order valence-corrected chi connectivity index (χ4v) is 2.96. The molecule has 0 amide bonds. The summed E-state index contributed by atoms with van der Waals surface area (Å²) in [7, 11) is 0. The van der Waals surface area contributed by atoms with Crippen molar-refractivity contribution in [2.45, 2.75) is 20.8 Å². The number of rotatable bonds is 3. The van der Waals surface area contributed by atoms with E-state index in [1.807, 2.05) is 57.2 Å². The molecule has 0 spiro atoms. The third kappa shape index (κ3) is 4.45. The maximum Gasteiger partial charge on any atom is 0.0462 e. The Labute approximate surface area is 168 Å². The first kappa shape index (κ1) is 18.9. The van der Waals surface area contributed by atoms with Gasteiger partial charge in [-0.2, -0.15) is 0 Å². The van der Waals surface area contributed by atoms with Crippen molar-refractivity contribution in [3.05, 3.63) is 89.5 Å². The molecule has 0 bridgehead atoms. The second-order valence-corrected chi connectivity index (χ2v) is 6.10. The van der Waals surface area contributed by atoms with Crippen LogP contribution in [0.3, 0.4) is 0 Å². The summed E-state index contributed by atoms with van der Waals surface area (Å²) in [4.78, 5) is 2.22. The Hall–Kier alpha value is -3.86. The molecule has 0 fully saturated rings. The minimum absolute atomic E-state index is 1.01. The Morgan fingerprint density at radius 1 is 0.429 bits per heavy atom. The lowest BCUT2D eigenvalue weighted by Gasteiger charge is -2.25. The summed E-state index contributed by atoms with van der Waals surface area (Å²) in [5.74, 6) is 18.1. The van der Waals surface area contributed by atoms with E-state index in [-0.39, 0.29) is 0 Å². The van der Waals surface area contributed by atoms with Crippen LogP contribution in [0.25, 0.3) is 0 Å². The van der Waals surface area contributed by atoms with E-state index in [2.05, 4.69) is 76.8 Å². The lowest BCUT2D eigenvalue weighted by atomic mass is 10.1. The number of anilines is 3. The Morgan fingerprint density at radius 3 is 0.893 bits per heavy atom. The van der Waals surface area contributed by atoms with Crippen LogP contribution in [0.5, 0.6) is 0 Å². The molecular weight excluding hydrogens is 338 g/mol. The Balaban J connectivity index is 2.07. The van der Waals surface area contributed by atoms with Crippen LogP contribution in [0.1, 0.15) is 37.5 Å². The summed E-state index contributed by atoms with van der Waals surface area (Å²) in [6.07, 6.45) is 0. The zero-order valence-electron chi connectivity index (χ0n) is 16.4. The summed E-state index contributed by atoms with van der Waals surface area (Å²) in [5.41, 5.74) is 6.25. The highest BCUT2D eigenvalue weighted by atomic mass is 15.1. The number of hydrogen-bond acceptors (Lipinski definition) is 1. The largest absolute Gasteiger partial charge is 0.311 e. The van der Waals surface area contributed by atoms with Crippen molar-refractivity contribution in [3.63, 3.8) is 0 Å². The molecule has 134 valence electrons. The molecular formula is C27H21N. The van der Waals surface area contributed by atoms with E-state index in [0.29, 0.717) is 0 Å². The molecule has 0 saturated heterocycles. The number of benzene rings is 3. The lowest BCUT2D eigenvalue weighted by molar-refractivity contribution is 1.28. The van der Waals surface area contributed by atoms with Gasteiger partial charge in [0, 0.05) is 33.8 Å². The van der Waals surface area contributed by atoms with E-state index in [1.54, 1.807) is 0 Å². The van der Waals surface area contributed by atoms with Crippen LogP contribution in [-0.4, -0.2) is 0 Å². The number of hydrogen-bond donors (Lipinski definition) is 0. The number of nitrogens with zero attached hydrogens (tertiary/aromatic N) is 1. The third-order valence-electron chi connectivity index (χ3n) is 4.18. The topological polar surface area (TPSA) is 3.24 Å². The molecule has 1 nitrogen and oxygen atoms in total. The standard InChI is InChI=1S/C27H21N/c1-4-7-22-10-16-25(17-11-22)28(26-18-12-23(8-5-2)13-19-26)27-20-14-24(9-6-3)15-21-27/h10-21H,1-3H3. The van der Waals surface area contributed by atoms with Crippen LogP contribution in [0.4, 0.5) is 17.1 Å². The maximum atomic E-state index is 3.10. The highest BCUT2D eigenvalue weighted by molar-refractivity contribution is 5.77. The van der Waals surface area contributed by atoms with Crippen LogP contribution >= 0.6 is 0 Å². The van der Waals surface area contributed by atoms with Crippen LogP contribution in [0, 0.1) is 35.5 Å². The molecule has 0 radical (unpaired) electrons. The monoisotopic (exact) mass is 359 g/mol. The first-order valence-corrected chi connectivity index (χ1v) is 9.13. The molecule has 0 aliphatic heterocycles. The van der Waals surface area contributed by atoms with Gasteiger partial charge in [0.1, 0.15) is 0 Å². The SMILES string of the molecule is CC#Cc1ccc(N(c2ccc(C#CC)cc2)c2ccc(C#CC)cc2)cc1. The fourth-order valence-electron chi connectivity index (χ4n) is 2.96. The van der Waals surface area contributed by atoms with Crippen LogP contribution in [0.15, 0.2) is 72.8 Å². The van der Waals surface area contributed by atoms with Crippen molar-refractivity contribution >= 4 is 17.1 Å². The molecule has 28 heavy (non-hydrogen) atoms. The molecule has 3 rings (SSSR count). The minimum atomic E-state index is 1.01. The van der Waals surface area contributed by atoms with Crippen molar-refractivity contribution in [1.82, 2.24) is 0 Å². The highest BCUT2D eigenvalue weighted by Crippen LogP contribution is 2.34. The molecule has 0 aromatic heterocycles. The van der Waals surface area contributed by atoms with Gasteiger partial charge in [-0.05, 0) is 93.6 Å². The van der Waals surface area contributed by atoms with E-state index in [1.165, 1.54) is 0 Å². The Kier molecular flexibility index (Phi) is 6.21. The molecule has 3 aromatic rings. The van der Waals surface area contributed by atoms with Gasteiger partial charge in [0.05, 0.1) is 0 Å². The zero-order chi connectivity index (χ0) is 19.8. The molecule has 0 unspecified atom stereocenters.